The Morgan fingerprint density at radius 3 is 2.90 bits per heavy atom. The van der Waals surface area contributed by atoms with Crippen molar-refractivity contribution in [2.24, 2.45) is 5.92 Å². The van der Waals surface area contributed by atoms with Gasteiger partial charge in [-0.2, -0.15) is 0 Å². The summed E-state index contributed by atoms with van der Waals surface area (Å²) in [6.07, 6.45) is 5.84. The van der Waals surface area contributed by atoms with E-state index in [1.165, 1.54) is 18.4 Å². The second-order valence-electron chi connectivity index (χ2n) is 6.37. The van der Waals surface area contributed by atoms with Gasteiger partial charge in [0.05, 0.1) is 5.60 Å². The Balaban J connectivity index is 2.19. The molecule has 0 aromatic heterocycles. The van der Waals surface area contributed by atoms with Crippen LogP contribution in [0.4, 0.5) is 0 Å². The van der Waals surface area contributed by atoms with Gasteiger partial charge in [0.25, 0.3) is 0 Å². The molecule has 21 heavy (non-hydrogen) atoms. The van der Waals surface area contributed by atoms with Gasteiger partial charge in [-0.15, -0.1) is 0 Å². The van der Waals surface area contributed by atoms with Crippen LogP contribution in [0.1, 0.15) is 45.1 Å². The highest BCUT2D eigenvalue weighted by Gasteiger charge is 2.41. The molecule has 0 bridgehead atoms. The number of benzene rings is 1. The minimum Gasteiger partial charge on any atom is -0.374 e. The number of halogens is 1. The maximum absolute atomic E-state index is 6.30. The van der Waals surface area contributed by atoms with Crippen molar-refractivity contribution in [3.63, 3.8) is 0 Å². The summed E-state index contributed by atoms with van der Waals surface area (Å²) in [6, 6.07) is 8.51. The molecular formula is C18H28ClNO. The van der Waals surface area contributed by atoms with Gasteiger partial charge in [0.2, 0.25) is 0 Å². The van der Waals surface area contributed by atoms with E-state index in [1.807, 2.05) is 12.1 Å². The van der Waals surface area contributed by atoms with Gasteiger partial charge >= 0.3 is 0 Å². The van der Waals surface area contributed by atoms with E-state index in [0.717, 1.165) is 36.8 Å². The van der Waals surface area contributed by atoms with E-state index in [4.69, 9.17) is 16.3 Å². The third-order valence-corrected chi connectivity index (χ3v) is 4.97. The smallest absolute Gasteiger partial charge is 0.0840 e. The molecule has 1 aromatic carbocycles. The Kier molecular flexibility index (Phi) is 6.09. The zero-order chi connectivity index (χ0) is 15.3. The summed E-state index contributed by atoms with van der Waals surface area (Å²) in [7, 11) is 2.05. The largest absolute Gasteiger partial charge is 0.374 e. The summed E-state index contributed by atoms with van der Waals surface area (Å²) in [6.45, 7) is 5.23. The third kappa shape index (κ3) is 4.21. The predicted molar refractivity (Wildman–Crippen MR) is 90.0 cm³/mol. The monoisotopic (exact) mass is 309 g/mol. The average molecular weight is 310 g/mol. The number of ether oxygens (including phenoxy) is 1. The highest BCUT2D eigenvalue weighted by Crippen LogP contribution is 2.38. The average Bonchev–Trinajstić information content (AvgIpc) is 2.45. The summed E-state index contributed by atoms with van der Waals surface area (Å²) >= 11 is 6.12. The number of hydrogen-bond donors (Lipinski definition) is 1. The van der Waals surface area contributed by atoms with Crippen LogP contribution >= 0.6 is 11.6 Å². The van der Waals surface area contributed by atoms with Crippen molar-refractivity contribution in [2.75, 3.05) is 13.7 Å². The van der Waals surface area contributed by atoms with Crippen LogP contribution in [0.3, 0.4) is 0 Å². The topological polar surface area (TPSA) is 21.3 Å². The predicted octanol–water partition coefficient (Wildman–Crippen LogP) is 4.46. The molecule has 2 rings (SSSR count). The molecule has 118 valence electrons. The molecule has 0 amide bonds. The molecule has 0 heterocycles. The van der Waals surface area contributed by atoms with Crippen LogP contribution in [0.2, 0.25) is 5.02 Å². The number of hydrogen-bond acceptors (Lipinski definition) is 2. The first kappa shape index (κ1) is 16.8. The van der Waals surface area contributed by atoms with Gasteiger partial charge in [0.1, 0.15) is 0 Å². The molecular weight excluding hydrogens is 282 g/mol. The highest BCUT2D eigenvalue weighted by molar-refractivity contribution is 6.30. The first-order chi connectivity index (χ1) is 10.1. The molecule has 3 unspecified atom stereocenters. The quantitative estimate of drug-likeness (QED) is 0.838. The van der Waals surface area contributed by atoms with Crippen LogP contribution in [0.25, 0.3) is 0 Å². The van der Waals surface area contributed by atoms with Gasteiger partial charge in [-0.3, -0.25) is 0 Å². The van der Waals surface area contributed by atoms with E-state index in [9.17, 15) is 0 Å². The van der Waals surface area contributed by atoms with Crippen molar-refractivity contribution >= 4 is 11.6 Å². The van der Waals surface area contributed by atoms with Crippen molar-refractivity contribution in [3.05, 3.63) is 34.9 Å². The lowest BCUT2D eigenvalue weighted by atomic mass is 9.73. The SMILES string of the molecule is CCOC1(C(Cc2cccc(Cl)c2)NC)CCCC(C)C1. The van der Waals surface area contributed by atoms with Crippen molar-refractivity contribution in [1.82, 2.24) is 5.32 Å². The summed E-state index contributed by atoms with van der Waals surface area (Å²) in [4.78, 5) is 0. The van der Waals surface area contributed by atoms with E-state index in [2.05, 4.69) is 38.3 Å². The van der Waals surface area contributed by atoms with Gasteiger partial charge in [-0.05, 0) is 56.8 Å². The van der Waals surface area contributed by atoms with Crippen LogP contribution in [-0.2, 0) is 11.2 Å². The fourth-order valence-corrected chi connectivity index (χ4v) is 4.04. The third-order valence-electron chi connectivity index (χ3n) is 4.74. The fourth-order valence-electron chi connectivity index (χ4n) is 3.83. The minimum absolute atomic E-state index is 0.0382. The van der Waals surface area contributed by atoms with Gasteiger partial charge in [0, 0.05) is 17.7 Å². The van der Waals surface area contributed by atoms with E-state index >= 15 is 0 Å². The molecule has 0 radical (unpaired) electrons. The number of rotatable bonds is 6. The molecule has 1 saturated carbocycles. The van der Waals surface area contributed by atoms with Crippen LogP contribution < -0.4 is 5.32 Å². The molecule has 1 aliphatic carbocycles. The van der Waals surface area contributed by atoms with Crippen LogP contribution in [0.5, 0.6) is 0 Å². The van der Waals surface area contributed by atoms with Crippen molar-refractivity contribution in [1.29, 1.82) is 0 Å². The number of nitrogens with one attached hydrogen (secondary N) is 1. The van der Waals surface area contributed by atoms with E-state index in [-0.39, 0.29) is 5.60 Å². The van der Waals surface area contributed by atoms with Crippen molar-refractivity contribution in [3.8, 4) is 0 Å². The maximum Gasteiger partial charge on any atom is 0.0840 e. The minimum atomic E-state index is -0.0382. The maximum atomic E-state index is 6.30. The Bertz CT molecular complexity index is 447. The zero-order valence-electron chi connectivity index (χ0n) is 13.5. The number of likely N-dealkylation sites (N-methyl/N-ethyl adjacent to an activating group) is 1. The van der Waals surface area contributed by atoms with Gasteiger partial charge in [0.15, 0.2) is 0 Å². The van der Waals surface area contributed by atoms with Crippen molar-refractivity contribution < 1.29 is 4.74 Å². The van der Waals surface area contributed by atoms with E-state index < -0.39 is 0 Å². The lowest BCUT2D eigenvalue weighted by Crippen LogP contribution is -2.55. The summed E-state index contributed by atoms with van der Waals surface area (Å²) in [5.41, 5.74) is 1.24. The molecule has 1 aromatic rings. The fraction of sp³-hybridized carbons (Fsp3) is 0.667. The molecule has 1 fully saturated rings. The van der Waals surface area contributed by atoms with Gasteiger partial charge in [-0.1, -0.05) is 43.5 Å². The zero-order valence-corrected chi connectivity index (χ0v) is 14.2. The molecule has 2 nitrogen and oxygen atoms in total. The van der Waals surface area contributed by atoms with Crippen LogP contribution in [0, 0.1) is 5.92 Å². The first-order valence-electron chi connectivity index (χ1n) is 8.15. The Labute approximate surface area is 134 Å². The molecule has 3 heteroatoms. The van der Waals surface area contributed by atoms with Gasteiger partial charge in [-0.25, -0.2) is 0 Å². The standard InChI is InChI=1S/C18H28ClNO/c1-4-21-18(10-6-7-14(2)13-18)17(20-3)12-15-8-5-9-16(19)11-15/h5,8-9,11,14,17,20H,4,6-7,10,12-13H2,1-3H3. The van der Waals surface area contributed by atoms with Crippen LogP contribution in [0.15, 0.2) is 24.3 Å². The van der Waals surface area contributed by atoms with Crippen LogP contribution in [-0.4, -0.2) is 25.3 Å². The molecule has 0 spiro atoms. The van der Waals surface area contributed by atoms with Gasteiger partial charge < -0.3 is 10.1 Å². The Morgan fingerprint density at radius 2 is 2.29 bits per heavy atom. The molecule has 1 aliphatic rings. The van der Waals surface area contributed by atoms with Crippen molar-refractivity contribution in [2.45, 2.75) is 57.6 Å². The summed E-state index contributed by atoms with van der Waals surface area (Å²) in [5, 5.41) is 4.33. The molecule has 1 N–H and O–H groups in total. The molecule has 0 aliphatic heterocycles. The van der Waals surface area contributed by atoms with E-state index in [1.54, 1.807) is 0 Å². The molecule has 0 saturated heterocycles. The normalized spacial score (nSPS) is 27.5. The lowest BCUT2D eigenvalue weighted by Gasteiger charge is -2.45. The summed E-state index contributed by atoms with van der Waals surface area (Å²) in [5.74, 6) is 0.737. The highest BCUT2D eigenvalue weighted by atomic mass is 35.5. The second-order valence-corrected chi connectivity index (χ2v) is 6.81. The first-order valence-corrected chi connectivity index (χ1v) is 8.53. The Morgan fingerprint density at radius 1 is 1.48 bits per heavy atom. The van der Waals surface area contributed by atoms with E-state index in [0.29, 0.717) is 6.04 Å². The Hall–Kier alpha value is -0.570. The lowest BCUT2D eigenvalue weighted by molar-refractivity contribution is -0.0988. The second kappa shape index (κ2) is 7.62. The molecule has 3 atom stereocenters. The summed E-state index contributed by atoms with van der Waals surface area (Å²) < 4.78 is 6.30.